The number of amides is 3. The number of carbonyl (C=O) groups is 2. The summed E-state index contributed by atoms with van der Waals surface area (Å²) in [7, 11) is 3.19. The summed E-state index contributed by atoms with van der Waals surface area (Å²) in [5.74, 6) is -0.0944. The molecule has 0 aliphatic heterocycles. The topological polar surface area (TPSA) is 53.5 Å². The predicted molar refractivity (Wildman–Crippen MR) is 76.6 cm³/mol. The average molecular weight is 269 g/mol. The van der Waals surface area contributed by atoms with Gasteiger partial charge in [0.15, 0.2) is 0 Å². The van der Waals surface area contributed by atoms with Crippen LogP contribution in [0.4, 0.5) is 10.6 Å². The van der Waals surface area contributed by atoms with Gasteiger partial charge >= 0.3 is 6.03 Å². The molecule has 0 fully saturated rings. The molecule has 2 rings (SSSR count). The Labute approximate surface area is 117 Å². The highest BCUT2D eigenvalue weighted by Gasteiger charge is 2.26. The lowest BCUT2D eigenvalue weighted by Crippen LogP contribution is -2.43. The van der Waals surface area contributed by atoms with E-state index in [0.29, 0.717) is 11.4 Å². The molecule has 0 spiro atoms. The van der Waals surface area contributed by atoms with E-state index < -0.39 is 11.9 Å². The van der Waals surface area contributed by atoms with E-state index in [2.05, 4.69) is 4.98 Å². The van der Waals surface area contributed by atoms with Gasteiger partial charge in [-0.15, -0.1) is 0 Å². The van der Waals surface area contributed by atoms with Crippen molar-refractivity contribution in [1.29, 1.82) is 0 Å². The van der Waals surface area contributed by atoms with E-state index >= 15 is 0 Å². The van der Waals surface area contributed by atoms with Crippen LogP contribution in [-0.4, -0.2) is 35.9 Å². The maximum Gasteiger partial charge on any atom is 0.332 e. The number of rotatable bonds is 2. The molecule has 20 heavy (non-hydrogen) atoms. The van der Waals surface area contributed by atoms with Gasteiger partial charge in [-0.3, -0.25) is 4.79 Å². The highest BCUT2D eigenvalue weighted by molar-refractivity contribution is 6.19. The third-order valence-corrected chi connectivity index (χ3v) is 2.68. The highest BCUT2D eigenvalue weighted by Crippen LogP contribution is 2.15. The second kappa shape index (κ2) is 5.97. The molecule has 0 bridgehead atoms. The monoisotopic (exact) mass is 269 g/mol. The van der Waals surface area contributed by atoms with Crippen LogP contribution in [0.2, 0.25) is 0 Å². The summed E-state index contributed by atoms with van der Waals surface area (Å²) >= 11 is 0. The summed E-state index contributed by atoms with van der Waals surface area (Å²) in [4.78, 5) is 31.3. The molecule has 102 valence electrons. The summed E-state index contributed by atoms with van der Waals surface area (Å²) in [6, 6.07) is 13.3. The molecule has 1 aromatic carbocycles. The number of aromatic nitrogens is 1. The van der Waals surface area contributed by atoms with E-state index in [1.165, 1.54) is 4.90 Å². The third-order valence-electron chi connectivity index (χ3n) is 2.68. The molecule has 0 radical (unpaired) electrons. The quantitative estimate of drug-likeness (QED) is 0.841. The molecule has 0 aliphatic rings. The van der Waals surface area contributed by atoms with Gasteiger partial charge < -0.3 is 4.90 Å². The maximum atomic E-state index is 12.5. The average Bonchev–Trinajstić information content (AvgIpc) is 2.49. The molecule has 0 N–H and O–H groups in total. The lowest BCUT2D eigenvalue weighted by molar-refractivity contribution is 0.0988. The highest BCUT2D eigenvalue weighted by atomic mass is 16.2. The van der Waals surface area contributed by atoms with Crippen molar-refractivity contribution in [2.75, 3.05) is 19.0 Å². The lowest BCUT2D eigenvalue weighted by atomic mass is 10.2. The first-order chi connectivity index (χ1) is 9.61. The summed E-state index contributed by atoms with van der Waals surface area (Å²) in [5.41, 5.74) is 0.438. The molecule has 3 amide bonds. The predicted octanol–water partition coefficient (Wildman–Crippen LogP) is 2.41. The van der Waals surface area contributed by atoms with Gasteiger partial charge in [-0.25, -0.2) is 14.7 Å². The Morgan fingerprint density at radius 1 is 0.950 bits per heavy atom. The van der Waals surface area contributed by atoms with E-state index in [9.17, 15) is 9.59 Å². The molecule has 1 heterocycles. The molecule has 0 saturated carbocycles. The Morgan fingerprint density at radius 2 is 1.60 bits per heavy atom. The summed E-state index contributed by atoms with van der Waals surface area (Å²) in [6.07, 6.45) is 1.55. The molecule has 2 aromatic rings. The Kier molecular flexibility index (Phi) is 4.10. The van der Waals surface area contributed by atoms with Crippen LogP contribution < -0.4 is 4.90 Å². The minimum Gasteiger partial charge on any atom is -0.330 e. The zero-order valence-corrected chi connectivity index (χ0v) is 11.4. The number of anilines is 1. The molecular weight excluding hydrogens is 254 g/mol. The van der Waals surface area contributed by atoms with E-state index in [1.807, 2.05) is 6.07 Å². The van der Waals surface area contributed by atoms with Gasteiger partial charge in [0.25, 0.3) is 5.91 Å². The second-order valence-corrected chi connectivity index (χ2v) is 4.37. The Bertz CT molecular complexity index is 597. The fourth-order valence-corrected chi connectivity index (χ4v) is 1.68. The zero-order valence-electron chi connectivity index (χ0n) is 11.4. The van der Waals surface area contributed by atoms with Crippen molar-refractivity contribution in [2.45, 2.75) is 0 Å². The molecule has 0 unspecified atom stereocenters. The van der Waals surface area contributed by atoms with Gasteiger partial charge in [0.1, 0.15) is 5.82 Å². The first-order valence-electron chi connectivity index (χ1n) is 6.13. The molecule has 5 heteroatoms. The van der Waals surface area contributed by atoms with Crippen molar-refractivity contribution < 1.29 is 9.59 Å². The van der Waals surface area contributed by atoms with Crippen LogP contribution in [0.25, 0.3) is 0 Å². The molecular formula is C15H15N3O2. The van der Waals surface area contributed by atoms with Crippen LogP contribution in [-0.2, 0) is 0 Å². The van der Waals surface area contributed by atoms with Gasteiger partial charge in [-0.1, -0.05) is 24.3 Å². The van der Waals surface area contributed by atoms with E-state index in [4.69, 9.17) is 0 Å². The summed E-state index contributed by atoms with van der Waals surface area (Å²) in [5, 5.41) is 0. The van der Waals surface area contributed by atoms with Crippen LogP contribution in [0.5, 0.6) is 0 Å². The number of urea groups is 1. The minimum absolute atomic E-state index is 0.306. The fourth-order valence-electron chi connectivity index (χ4n) is 1.68. The van der Waals surface area contributed by atoms with Gasteiger partial charge in [0, 0.05) is 25.9 Å². The smallest absolute Gasteiger partial charge is 0.330 e. The van der Waals surface area contributed by atoms with Crippen molar-refractivity contribution in [2.24, 2.45) is 0 Å². The molecule has 0 aliphatic carbocycles. The van der Waals surface area contributed by atoms with Gasteiger partial charge in [0.05, 0.1) is 0 Å². The second-order valence-electron chi connectivity index (χ2n) is 4.37. The maximum absolute atomic E-state index is 12.5. The number of imide groups is 1. The van der Waals surface area contributed by atoms with E-state index in [1.54, 1.807) is 62.8 Å². The standard InChI is InChI=1S/C15H15N3O2/c1-17(2)15(20)18(13-10-6-7-11-16-13)14(19)12-8-4-3-5-9-12/h3-11H,1-2H3. The number of benzene rings is 1. The zero-order chi connectivity index (χ0) is 14.5. The van der Waals surface area contributed by atoms with Gasteiger partial charge in [-0.2, -0.15) is 0 Å². The fraction of sp³-hybridized carbons (Fsp3) is 0.133. The van der Waals surface area contributed by atoms with Crippen LogP contribution in [0, 0.1) is 0 Å². The SMILES string of the molecule is CN(C)C(=O)N(C(=O)c1ccccc1)c1ccccn1. The Hall–Kier alpha value is -2.69. The first kappa shape index (κ1) is 13.7. The van der Waals surface area contributed by atoms with E-state index in [0.717, 1.165) is 4.90 Å². The van der Waals surface area contributed by atoms with Crippen molar-refractivity contribution >= 4 is 17.8 Å². The van der Waals surface area contributed by atoms with Crippen LogP contribution in [0.1, 0.15) is 10.4 Å². The van der Waals surface area contributed by atoms with Crippen molar-refractivity contribution in [3.8, 4) is 0 Å². The number of carbonyl (C=O) groups excluding carboxylic acids is 2. The van der Waals surface area contributed by atoms with Crippen LogP contribution >= 0.6 is 0 Å². The molecule has 0 saturated heterocycles. The summed E-state index contributed by atoms with van der Waals surface area (Å²) in [6.45, 7) is 0. The number of hydrogen-bond acceptors (Lipinski definition) is 3. The minimum atomic E-state index is -0.433. The third kappa shape index (κ3) is 2.83. The number of pyridine rings is 1. The molecule has 5 nitrogen and oxygen atoms in total. The Morgan fingerprint density at radius 3 is 2.15 bits per heavy atom. The van der Waals surface area contributed by atoms with Crippen LogP contribution in [0.3, 0.4) is 0 Å². The number of nitrogens with zero attached hydrogens (tertiary/aromatic N) is 3. The molecule has 1 aromatic heterocycles. The number of hydrogen-bond donors (Lipinski definition) is 0. The van der Waals surface area contributed by atoms with Crippen LogP contribution in [0.15, 0.2) is 54.7 Å². The molecule has 0 atom stereocenters. The van der Waals surface area contributed by atoms with Gasteiger partial charge in [-0.05, 0) is 24.3 Å². The van der Waals surface area contributed by atoms with Crippen molar-refractivity contribution in [3.05, 3.63) is 60.3 Å². The normalized spacial score (nSPS) is 9.90. The largest absolute Gasteiger partial charge is 0.332 e. The van der Waals surface area contributed by atoms with Gasteiger partial charge in [0.2, 0.25) is 0 Å². The first-order valence-corrected chi connectivity index (χ1v) is 6.13. The summed E-state index contributed by atoms with van der Waals surface area (Å²) < 4.78 is 0. The lowest BCUT2D eigenvalue weighted by Gasteiger charge is -2.23. The van der Waals surface area contributed by atoms with Crippen molar-refractivity contribution in [3.63, 3.8) is 0 Å². The Balaban J connectivity index is 2.43. The van der Waals surface area contributed by atoms with E-state index in [-0.39, 0.29) is 0 Å². The van der Waals surface area contributed by atoms with Crippen molar-refractivity contribution in [1.82, 2.24) is 9.88 Å².